The number of carboxylic acids is 1. The normalized spacial score (nSPS) is 26.4. The summed E-state index contributed by atoms with van der Waals surface area (Å²) in [7, 11) is -3.24. The summed E-state index contributed by atoms with van der Waals surface area (Å²) in [4.78, 5) is 26.2. The first kappa shape index (κ1) is 14.1. The lowest BCUT2D eigenvalue weighted by molar-refractivity contribution is -0.138. The number of carbonyl (C=O) groups is 2. The number of hydrogen-bond acceptors (Lipinski definition) is 4. The Bertz CT molecular complexity index is 469. The molecule has 0 bridgehead atoms. The number of likely N-dealkylation sites (tertiary alicyclic amines) is 1. The van der Waals surface area contributed by atoms with E-state index >= 15 is 0 Å². The first-order chi connectivity index (χ1) is 8.89. The van der Waals surface area contributed by atoms with Crippen molar-refractivity contribution in [2.75, 3.05) is 31.1 Å². The molecule has 0 aromatic heterocycles. The third-order valence-corrected chi connectivity index (χ3v) is 5.26. The molecular weight excluding hydrogens is 272 g/mol. The van der Waals surface area contributed by atoms with Gasteiger partial charge in [-0.1, -0.05) is 0 Å². The van der Waals surface area contributed by atoms with Crippen LogP contribution in [-0.4, -0.2) is 72.5 Å². The van der Waals surface area contributed by atoms with Crippen molar-refractivity contribution in [3.05, 3.63) is 0 Å². The van der Waals surface area contributed by atoms with Crippen molar-refractivity contribution >= 4 is 21.8 Å². The van der Waals surface area contributed by atoms with Crippen LogP contribution in [0.15, 0.2) is 0 Å². The Kier molecular flexibility index (Phi) is 3.98. The number of aliphatic carboxylic acids is 1. The van der Waals surface area contributed by atoms with Crippen LogP contribution in [0.4, 0.5) is 4.79 Å². The van der Waals surface area contributed by atoms with Crippen LogP contribution < -0.4 is 0 Å². The number of hydrogen-bond donors (Lipinski definition) is 1. The van der Waals surface area contributed by atoms with Gasteiger partial charge < -0.3 is 14.9 Å². The predicted octanol–water partition coefficient (Wildman–Crippen LogP) is -0.224. The highest BCUT2D eigenvalue weighted by Gasteiger charge is 2.37. The molecule has 8 heteroatoms. The molecule has 0 aromatic carbocycles. The molecule has 2 fully saturated rings. The molecule has 2 saturated heterocycles. The zero-order valence-electron chi connectivity index (χ0n) is 10.6. The first-order valence-electron chi connectivity index (χ1n) is 6.37. The predicted molar refractivity (Wildman–Crippen MR) is 67.6 cm³/mol. The van der Waals surface area contributed by atoms with E-state index in [9.17, 15) is 18.0 Å². The van der Waals surface area contributed by atoms with Crippen LogP contribution >= 0.6 is 0 Å². The Balaban J connectivity index is 2.11. The fraction of sp³-hybridized carbons (Fsp3) is 0.818. The Morgan fingerprint density at radius 3 is 2.37 bits per heavy atom. The lowest BCUT2D eigenvalue weighted by Gasteiger charge is -2.37. The van der Waals surface area contributed by atoms with Gasteiger partial charge >= 0.3 is 12.0 Å². The second-order valence-electron chi connectivity index (χ2n) is 5.04. The number of carboxylic acid groups (broad SMARTS) is 1. The summed E-state index contributed by atoms with van der Waals surface area (Å²) in [6.07, 6.45) is 1.57. The SMILES string of the molecule is O=C(O)CC1CS(=O)(=O)CCN1C(=O)N1CCCC1. The third kappa shape index (κ3) is 3.37. The molecule has 2 aliphatic heterocycles. The Labute approximate surface area is 112 Å². The highest BCUT2D eigenvalue weighted by atomic mass is 32.2. The van der Waals surface area contributed by atoms with Gasteiger partial charge in [-0.25, -0.2) is 13.2 Å². The second kappa shape index (κ2) is 5.36. The molecule has 1 atom stereocenters. The lowest BCUT2D eigenvalue weighted by atomic mass is 10.2. The molecule has 1 N–H and O–H groups in total. The molecule has 0 saturated carbocycles. The standard InChI is InChI=1S/C11H18N2O5S/c14-10(15)7-9-8-19(17,18)6-5-13(9)11(16)12-3-1-2-4-12/h9H,1-8H2,(H,14,15). The molecule has 0 spiro atoms. The van der Waals surface area contributed by atoms with Gasteiger partial charge in [-0.3, -0.25) is 4.79 Å². The lowest BCUT2D eigenvalue weighted by Crippen LogP contribution is -2.55. The van der Waals surface area contributed by atoms with Crippen molar-refractivity contribution in [1.29, 1.82) is 0 Å². The van der Waals surface area contributed by atoms with Gasteiger partial charge in [-0.05, 0) is 12.8 Å². The van der Waals surface area contributed by atoms with E-state index in [0.29, 0.717) is 13.1 Å². The molecule has 2 aliphatic rings. The summed E-state index contributed by atoms with van der Waals surface area (Å²) < 4.78 is 23.2. The zero-order chi connectivity index (χ0) is 14.0. The monoisotopic (exact) mass is 290 g/mol. The summed E-state index contributed by atoms with van der Waals surface area (Å²) in [6, 6.07) is -0.969. The van der Waals surface area contributed by atoms with E-state index < -0.39 is 21.8 Å². The molecule has 7 nitrogen and oxygen atoms in total. The summed E-state index contributed by atoms with van der Waals surface area (Å²) in [6.45, 7) is 1.43. The van der Waals surface area contributed by atoms with Crippen LogP contribution in [0.3, 0.4) is 0 Å². The number of nitrogens with zero attached hydrogens (tertiary/aromatic N) is 2. The van der Waals surface area contributed by atoms with Crippen molar-refractivity contribution in [3.63, 3.8) is 0 Å². The molecular formula is C11H18N2O5S. The van der Waals surface area contributed by atoms with E-state index in [2.05, 4.69) is 0 Å². The quantitative estimate of drug-likeness (QED) is 0.758. The van der Waals surface area contributed by atoms with Crippen molar-refractivity contribution in [3.8, 4) is 0 Å². The Morgan fingerprint density at radius 2 is 1.79 bits per heavy atom. The molecule has 2 heterocycles. The van der Waals surface area contributed by atoms with Crippen LogP contribution in [0.5, 0.6) is 0 Å². The van der Waals surface area contributed by atoms with Gasteiger partial charge in [-0.15, -0.1) is 0 Å². The van der Waals surface area contributed by atoms with Crippen molar-refractivity contribution < 1.29 is 23.1 Å². The minimum absolute atomic E-state index is 0.0807. The van der Waals surface area contributed by atoms with Crippen LogP contribution in [0.2, 0.25) is 0 Å². The first-order valence-corrected chi connectivity index (χ1v) is 8.19. The maximum atomic E-state index is 12.3. The minimum atomic E-state index is -3.24. The van der Waals surface area contributed by atoms with Gasteiger partial charge in [0.1, 0.15) is 0 Å². The number of rotatable bonds is 2. The number of urea groups is 1. The smallest absolute Gasteiger partial charge is 0.320 e. The summed E-state index contributed by atoms with van der Waals surface area (Å²) in [5.74, 6) is -1.41. The average Bonchev–Trinajstić information content (AvgIpc) is 2.79. The van der Waals surface area contributed by atoms with E-state index in [0.717, 1.165) is 12.8 Å². The van der Waals surface area contributed by atoms with Crippen molar-refractivity contribution in [2.24, 2.45) is 0 Å². The highest BCUT2D eigenvalue weighted by molar-refractivity contribution is 7.91. The highest BCUT2D eigenvalue weighted by Crippen LogP contribution is 2.19. The number of carbonyl (C=O) groups excluding carboxylic acids is 1. The maximum absolute atomic E-state index is 12.3. The van der Waals surface area contributed by atoms with Gasteiger partial charge in [0, 0.05) is 19.6 Å². The maximum Gasteiger partial charge on any atom is 0.320 e. The second-order valence-corrected chi connectivity index (χ2v) is 7.26. The Morgan fingerprint density at radius 1 is 1.16 bits per heavy atom. The van der Waals surface area contributed by atoms with E-state index in [-0.39, 0.29) is 30.5 Å². The van der Waals surface area contributed by atoms with Crippen LogP contribution in [0, 0.1) is 0 Å². The fourth-order valence-corrected chi connectivity index (χ4v) is 4.12. The van der Waals surface area contributed by atoms with Crippen LogP contribution in [0.25, 0.3) is 0 Å². The molecule has 108 valence electrons. The topological polar surface area (TPSA) is 95.0 Å². The summed E-state index contributed by atoms with van der Waals surface area (Å²) in [5.41, 5.74) is 0. The molecule has 0 aromatic rings. The number of sulfone groups is 1. The molecule has 2 rings (SSSR count). The summed E-state index contributed by atoms with van der Waals surface area (Å²) in [5, 5.41) is 8.85. The molecule has 19 heavy (non-hydrogen) atoms. The van der Waals surface area contributed by atoms with E-state index in [4.69, 9.17) is 5.11 Å². The zero-order valence-corrected chi connectivity index (χ0v) is 11.4. The fourth-order valence-electron chi connectivity index (χ4n) is 2.60. The van der Waals surface area contributed by atoms with Crippen molar-refractivity contribution in [2.45, 2.75) is 25.3 Å². The van der Waals surface area contributed by atoms with Gasteiger partial charge in [0.05, 0.1) is 24.0 Å². The van der Waals surface area contributed by atoms with Gasteiger partial charge in [0.15, 0.2) is 9.84 Å². The molecule has 0 aliphatic carbocycles. The van der Waals surface area contributed by atoms with E-state index in [1.54, 1.807) is 4.90 Å². The molecule has 0 radical (unpaired) electrons. The molecule has 1 unspecified atom stereocenters. The Hall–Kier alpha value is -1.31. The van der Waals surface area contributed by atoms with E-state index in [1.807, 2.05) is 0 Å². The van der Waals surface area contributed by atoms with Crippen LogP contribution in [0.1, 0.15) is 19.3 Å². The summed E-state index contributed by atoms with van der Waals surface area (Å²) >= 11 is 0. The minimum Gasteiger partial charge on any atom is -0.481 e. The van der Waals surface area contributed by atoms with Crippen molar-refractivity contribution in [1.82, 2.24) is 9.80 Å². The average molecular weight is 290 g/mol. The number of amides is 2. The molecule has 2 amide bonds. The van der Waals surface area contributed by atoms with Crippen LogP contribution in [-0.2, 0) is 14.6 Å². The largest absolute Gasteiger partial charge is 0.481 e. The van der Waals surface area contributed by atoms with E-state index in [1.165, 1.54) is 4.90 Å². The van der Waals surface area contributed by atoms with Gasteiger partial charge in [0.2, 0.25) is 0 Å². The van der Waals surface area contributed by atoms with Gasteiger partial charge in [0.25, 0.3) is 0 Å². The third-order valence-electron chi connectivity index (χ3n) is 3.56. The van der Waals surface area contributed by atoms with Gasteiger partial charge in [-0.2, -0.15) is 0 Å².